The van der Waals surface area contributed by atoms with E-state index in [2.05, 4.69) is 9.72 Å². The van der Waals surface area contributed by atoms with Crippen molar-refractivity contribution in [2.24, 2.45) is 5.73 Å². The van der Waals surface area contributed by atoms with Gasteiger partial charge in [0.05, 0.1) is 7.11 Å². The smallest absolute Gasteiger partial charge is 0.327 e. The van der Waals surface area contributed by atoms with E-state index in [0.29, 0.717) is 0 Å². The second-order valence-corrected chi connectivity index (χ2v) is 2.60. The van der Waals surface area contributed by atoms with Crippen LogP contribution in [-0.2, 0) is 9.53 Å². The zero-order valence-electron chi connectivity index (χ0n) is 7.41. The van der Waals surface area contributed by atoms with Crippen molar-refractivity contribution in [3.63, 3.8) is 0 Å². The molecule has 0 saturated heterocycles. The Bertz CT molecular complexity index is 402. The molecule has 76 valence electrons. The van der Waals surface area contributed by atoms with Gasteiger partial charge in [-0.15, -0.1) is 0 Å². The summed E-state index contributed by atoms with van der Waals surface area (Å²) in [7, 11) is 1.13. The molecule has 5 nitrogen and oxygen atoms in total. The monoisotopic (exact) mass is 200 g/mol. The molecule has 1 aromatic heterocycles. The van der Waals surface area contributed by atoms with Crippen molar-refractivity contribution in [3.05, 3.63) is 34.0 Å². The number of aromatic amines is 1. The van der Waals surface area contributed by atoms with Gasteiger partial charge in [-0.3, -0.25) is 9.59 Å². The standard InChI is InChI=1S/C8H9FN2O3/c1-14-8(13)6(10)5-2-4(9)3-11-7(5)12/h2-3,6H,10H2,1H3,(H,11,12)/t6-/m1/s1. The topological polar surface area (TPSA) is 85.2 Å². The predicted molar refractivity (Wildman–Crippen MR) is 46.0 cm³/mol. The van der Waals surface area contributed by atoms with Crippen molar-refractivity contribution in [2.45, 2.75) is 6.04 Å². The van der Waals surface area contributed by atoms with Crippen LogP contribution in [0.15, 0.2) is 17.1 Å². The first kappa shape index (κ1) is 10.4. The Hall–Kier alpha value is -1.69. The van der Waals surface area contributed by atoms with Crippen molar-refractivity contribution in [2.75, 3.05) is 7.11 Å². The Labute approximate surface area is 78.7 Å². The number of nitrogens with two attached hydrogens (primary N) is 1. The van der Waals surface area contributed by atoms with Gasteiger partial charge in [0.25, 0.3) is 5.56 Å². The first-order chi connectivity index (χ1) is 6.56. The Morgan fingerprint density at radius 1 is 1.71 bits per heavy atom. The molecule has 14 heavy (non-hydrogen) atoms. The Morgan fingerprint density at radius 3 is 2.93 bits per heavy atom. The fourth-order valence-corrected chi connectivity index (χ4v) is 0.959. The predicted octanol–water partition coefficient (Wildman–Crippen LogP) is -0.313. The maximum absolute atomic E-state index is 12.7. The van der Waals surface area contributed by atoms with E-state index in [9.17, 15) is 14.0 Å². The minimum atomic E-state index is -1.26. The second-order valence-electron chi connectivity index (χ2n) is 2.60. The summed E-state index contributed by atoms with van der Waals surface area (Å²) in [6, 6.07) is -0.361. The molecular formula is C8H9FN2O3. The molecule has 0 unspecified atom stereocenters. The molecule has 0 aromatic carbocycles. The van der Waals surface area contributed by atoms with Crippen molar-refractivity contribution >= 4 is 5.97 Å². The quantitative estimate of drug-likeness (QED) is 0.641. The molecule has 1 atom stereocenters. The number of nitrogens with one attached hydrogen (secondary N) is 1. The fourth-order valence-electron chi connectivity index (χ4n) is 0.959. The van der Waals surface area contributed by atoms with Gasteiger partial charge in [0.2, 0.25) is 0 Å². The number of hydrogen-bond donors (Lipinski definition) is 2. The summed E-state index contributed by atoms with van der Waals surface area (Å²) in [5.74, 6) is -1.46. The number of hydrogen-bond acceptors (Lipinski definition) is 4. The third-order valence-corrected chi connectivity index (χ3v) is 1.69. The number of aromatic nitrogens is 1. The molecule has 0 spiro atoms. The molecule has 0 saturated carbocycles. The molecule has 0 bridgehead atoms. The van der Waals surface area contributed by atoms with Crippen molar-refractivity contribution in [1.82, 2.24) is 4.98 Å². The number of esters is 1. The number of pyridine rings is 1. The SMILES string of the molecule is COC(=O)[C@H](N)c1cc(F)c[nH]c1=O. The van der Waals surface area contributed by atoms with Crippen LogP contribution in [0.3, 0.4) is 0 Å². The van der Waals surface area contributed by atoms with Gasteiger partial charge in [-0.1, -0.05) is 0 Å². The molecule has 3 N–H and O–H groups in total. The van der Waals surface area contributed by atoms with Crippen LogP contribution in [-0.4, -0.2) is 18.1 Å². The van der Waals surface area contributed by atoms with E-state index >= 15 is 0 Å². The zero-order valence-corrected chi connectivity index (χ0v) is 7.41. The van der Waals surface area contributed by atoms with Crippen LogP contribution in [0.5, 0.6) is 0 Å². The van der Waals surface area contributed by atoms with Gasteiger partial charge in [0.15, 0.2) is 0 Å². The Kier molecular flexibility index (Phi) is 2.98. The van der Waals surface area contributed by atoms with Gasteiger partial charge < -0.3 is 15.5 Å². The van der Waals surface area contributed by atoms with E-state index in [4.69, 9.17) is 5.73 Å². The second kappa shape index (κ2) is 4.01. The van der Waals surface area contributed by atoms with E-state index in [0.717, 1.165) is 19.4 Å². The highest BCUT2D eigenvalue weighted by Crippen LogP contribution is 2.07. The maximum atomic E-state index is 12.7. The van der Waals surface area contributed by atoms with Crippen LogP contribution in [0, 0.1) is 5.82 Å². The lowest BCUT2D eigenvalue weighted by Gasteiger charge is -2.07. The summed E-state index contributed by atoms with van der Waals surface area (Å²) in [6.07, 6.45) is 0.885. The van der Waals surface area contributed by atoms with Gasteiger partial charge in [-0.05, 0) is 6.07 Å². The van der Waals surface area contributed by atoms with Gasteiger partial charge in [-0.2, -0.15) is 0 Å². The van der Waals surface area contributed by atoms with E-state index in [-0.39, 0.29) is 5.56 Å². The fraction of sp³-hybridized carbons (Fsp3) is 0.250. The average Bonchev–Trinajstić information content (AvgIpc) is 2.19. The van der Waals surface area contributed by atoms with Crippen LogP contribution in [0.25, 0.3) is 0 Å². The lowest BCUT2D eigenvalue weighted by atomic mass is 10.1. The summed E-state index contributed by atoms with van der Waals surface area (Å²) >= 11 is 0. The number of methoxy groups -OCH3 is 1. The van der Waals surface area contributed by atoms with Crippen molar-refractivity contribution < 1.29 is 13.9 Å². The van der Waals surface area contributed by atoms with Crippen molar-refractivity contribution in [1.29, 1.82) is 0 Å². The molecule has 1 aromatic rings. The Balaban J connectivity index is 3.12. The van der Waals surface area contributed by atoms with E-state index < -0.39 is 23.4 Å². The third-order valence-electron chi connectivity index (χ3n) is 1.69. The largest absolute Gasteiger partial charge is 0.468 e. The van der Waals surface area contributed by atoms with Gasteiger partial charge in [-0.25, -0.2) is 4.39 Å². The summed E-state index contributed by atoms with van der Waals surface area (Å²) in [4.78, 5) is 24.2. The molecule has 0 radical (unpaired) electrons. The van der Waals surface area contributed by atoms with E-state index in [1.165, 1.54) is 0 Å². The van der Waals surface area contributed by atoms with Crippen LogP contribution in [0.1, 0.15) is 11.6 Å². The molecule has 0 aliphatic heterocycles. The van der Waals surface area contributed by atoms with Crippen LogP contribution < -0.4 is 11.3 Å². The molecule has 1 heterocycles. The first-order valence-corrected chi connectivity index (χ1v) is 3.77. The highest BCUT2D eigenvalue weighted by molar-refractivity contribution is 5.76. The lowest BCUT2D eigenvalue weighted by molar-refractivity contribution is -0.142. The summed E-state index contributed by atoms with van der Waals surface area (Å²) in [5.41, 5.74) is 4.59. The normalized spacial score (nSPS) is 12.2. The molecular weight excluding hydrogens is 191 g/mol. The highest BCUT2D eigenvalue weighted by atomic mass is 19.1. The van der Waals surface area contributed by atoms with Crippen LogP contribution in [0.4, 0.5) is 4.39 Å². The summed E-state index contributed by atoms with van der Waals surface area (Å²) < 4.78 is 17.0. The number of halogens is 1. The minimum Gasteiger partial charge on any atom is -0.468 e. The number of carbonyl (C=O) groups excluding carboxylic acids is 1. The summed E-state index contributed by atoms with van der Waals surface area (Å²) in [6.45, 7) is 0. The van der Waals surface area contributed by atoms with Crippen molar-refractivity contribution in [3.8, 4) is 0 Å². The number of H-pyrrole nitrogens is 1. The van der Waals surface area contributed by atoms with Crippen LogP contribution >= 0.6 is 0 Å². The number of ether oxygens (including phenoxy) is 1. The first-order valence-electron chi connectivity index (χ1n) is 3.77. The van der Waals surface area contributed by atoms with Gasteiger partial charge in [0.1, 0.15) is 11.9 Å². The molecule has 0 fully saturated rings. The zero-order chi connectivity index (χ0) is 10.7. The van der Waals surface area contributed by atoms with E-state index in [1.54, 1.807) is 0 Å². The summed E-state index contributed by atoms with van der Waals surface area (Å²) in [5, 5.41) is 0. The molecule has 0 aliphatic carbocycles. The molecule has 6 heteroatoms. The lowest BCUT2D eigenvalue weighted by Crippen LogP contribution is -2.29. The number of rotatable bonds is 2. The minimum absolute atomic E-state index is 0.156. The highest BCUT2D eigenvalue weighted by Gasteiger charge is 2.19. The van der Waals surface area contributed by atoms with Gasteiger partial charge in [0, 0.05) is 11.8 Å². The molecule has 0 aliphatic rings. The third kappa shape index (κ3) is 1.97. The average molecular weight is 200 g/mol. The van der Waals surface area contributed by atoms with E-state index in [1.807, 2.05) is 0 Å². The number of carbonyl (C=O) groups is 1. The molecule has 0 amide bonds. The maximum Gasteiger partial charge on any atom is 0.327 e. The molecule has 1 rings (SSSR count). The Morgan fingerprint density at radius 2 is 2.36 bits per heavy atom. The van der Waals surface area contributed by atoms with Gasteiger partial charge >= 0.3 is 5.97 Å². The van der Waals surface area contributed by atoms with Crippen LogP contribution in [0.2, 0.25) is 0 Å².